The molecule has 102 valence electrons. The van der Waals surface area contributed by atoms with Gasteiger partial charge in [-0.25, -0.2) is 13.1 Å². The quantitative estimate of drug-likeness (QED) is 0.876. The van der Waals surface area contributed by atoms with Crippen molar-refractivity contribution >= 4 is 33.2 Å². The van der Waals surface area contributed by atoms with Crippen LogP contribution in [0.15, 0.2) is 23.1 Å². The second-order valence-corrected chi connectivity index (χ2v) is 6.82. The Bertz CT molecular complexity index is 517. The monoisotopic (exact) mass is 311 g/mol. The van der Waals surface area contributed by atoms with Gasteiger partial charge in [-0.1, -0.05) is 37.0 Å². The molecule has 7 heteroatoms. The third-order valence-corrected chi connectivity index (χ3v) is 4.61. The highest BCUT2D eigenvalue weighted by Crippen LogP contribution is 2.24. The molecule has 0 aliphatic rings. The van der Waals surface area contributed by atoms with E-state index in [0.717, 1.165) is 0 Å². The molecule has 1 aromatic carbocycles. The van der Waals surface area contributed by atoms with Gasteiger partial charge in [0.1, 0.15) is 0 Å². The highest BCUT2D eigenvalue weighted by molar-refractivity contribution is 7.89. The number of rotatable bonds is 5. The standard InChI is InChI=1S/C11H15Cl2NO3S/c1-7(2)11(15)6-14-18(16,17)8-3-4-9(12)10(13)5-8/h3-5,7,11,14-15H,6H2,1-2H3. The molecule has 0 saturated heterocycles. The predicted molar refractivity (Wildman–Crippen MR) is 72.5 cm³/mol. The molecule has 0 fully saturated rings. The van der Waals surface area contributed by atoms with Crippen molar-refractivity contribution in [1.29, 1.82) is 0 Å². The molecule has 0 radical (unpaired) electrons. The number of aliphatic hydroxyl groups excluding tert-OH is 1. The van der Waals surface area contributed by atoms with Gasteiger partial charge in [-0.15, -0.1) is 0 Å². The minimum absolute atomic E-state index is 0.0212. The Labute approximate surface area is 117 Å². The summed E-state index contributed by atoms with van der Waals surface area (Å²) in [5.74, 6) is -0.0264. The summed E-state index contributed by atoms with van der Waals surface area (Å²) >= 11 is 11.5. The van der Waals surface area contributed by atoms with Crippen molar-refractivity contribution < 1.29 is 13.5 Å². The van der Waals surface area contributed by atoms with Gasteiger partial charge in [0.15, 0.2) is 0 Å². The van der Waals surface area contributed by atoms with Crippen molar-refractivity contribution in [3.05, 3.63) is 28.2 Å². The number of aliphatic hydroxyl groups is 1. The van der Waals surface area contributed by atoms with Gasteiger partial charge in [0.05, 0.1) is 21.0 Å². The van der Waals surface area contributed by atoms with Gasteiger partial charge in [-0.2, -0.15) is 0 Å². The fourth-order valence-corrected chi connectivity index (χ4v) is 2.60. The Morgan fingerprint density at radius 1 is 1.28 bits per heavy atom. The van der Waals surface area contributed by atoms with Crippen LogP contribution in [0.5, 0.6) is 0 Å². The van der Waals surface area contributed by atoms with Crippen LogP contribution >= 0.6 is 23.2 Å². The fraction of sp³-hybridized carbons (Fsp3) is 0.455. The molecule has 4 nitrogen and oxygen atoms in total. The molecule has 0 heterocycles. The van der Waals surface area contributed by atoms with Crippen molar-refractivity contribution in [2.45, 2.75) is 24.8 Å². The number of sulfonamides is 1. The highest BCUT2D eigenvalue weighted by Gasteiger charge is 2.18. The lowest BCUT2D eigenvalue weighted by molar-refractivity contribution is 0.129. The Balaban J connectivity index is 2.83. The van der Waals surface area contributed by atoms with Crippen LogP contribution in [0, 0.1) is 5.92 Å². The van der Waals surface area contributed by atoms with E-state index in [0.29, 0.717) is 0 Å². The van der Waals surface area contributed by atoms with Crippen molar-refractivity contribution in [1.82, 2.24) is 4.72 Å². The van der Waals surface area contributed by atoms with E-state index < -0.39 is 16.1 Å². The van der Waals surface area contributed by atoms with E-state index >= 15 is 0 Å². The second-order valence-electron chi connectivity index (χ2n) is 4.24. The molecule has 2 N–H and O–H groups in total. The molecule has 1 rings (SSSR count). The van der Waals surface area contributed by atoms with Crippen LogP contribution in [-0.4, -0.2) is 26.2 Å². The molecule has 1 atom stereocenters. The van der Waals surface area contributed by atoms with E-state index in [1.54, 1.807) is 13.8 Å². The summed E-state index contributed by atoms with van der Waals surface area (Å²) in [7, 11) is -3.68. The van der Waals surface area contributed by atoms with Gasteiger partial charge >= 0.3 is 0 Å². The van der Waals surface area contributed by atoms with Crippen molar-refractivity contribution in [2.75, 3.05) is 6.54 Å². The highest BCUT2D eigenvalue weighted by atomic mass is 35.5. The van der Waals surface area contributed by atoms with E-state index in [9.17, 15) is 13.5 Å². The number of halogens is 2. The molecular weight excluding hydrogens is 297 g/mol. The topological polar surface area (TPSA) is 66.4 Å². The first-order valence-corrected chi connectivity index (χ1v) is 7.60. The summed E-state index contributed by atoms with van der Waals surface area (Å²) in [4.78, 5) is 0.0212. The average molecular weight is 312 g/mol. The van der Waals surface area contributed by atoms with E-state index in [4.69, 9.17) is 23.2 Å². The van der Waals surface area contributed by atoms with E-state index in [2.05, 4.69) is 4.72 Å². The molecule has 18 heavy (non-hydrogen) atoms. The zero-order valence-electron chi connectivity index (χ0n) is 10.0. The summed E-state index contributed by atoms with van der Waals surface area (Å²) in [6, 6.07) is 4.05. The molecular formula is C11H15Cl2NO3S. The Kier molecular flexibility index (Phi) is 5.43. The molecule has 0 aliphatic carbocycles. The molecule has 1 aromatic rings. The third kappa shape index (κ3) is 4.10. The average Bonchev–Trinajstić information content (AvgIpc) is 2.29. The van der Waals surface area contributed by atoms with Crippen LogP contribution in [0.2, 0.25) is 10.0 Å². The smallest absolute Gasteiger partial charge is 0.240 e. The molecule has 0 amide bonds. The van der Waals surface area contributed by atoms with E-state index in [1.165, 1.54) is 18.2 Å². The van der Waals surface area contributed by atoms with Crippen LogP contribution in [0.4, 0.5) is 0 Å². The lowest BCUT2D eigenvalue weighted by Gasteiger charge is -2.15. The minimum atomic E-state index is -3.68. The van der Waals surface area contributed by atoms with Gasteiger partial charge in [0.25, 0.3) is 0 Å². The number of nitrogens with one attached hydrogen (secondary N) is 1. The summed E-state index contributed by atoms with van der Waals surface area (Å²) in [5.41, 5.74) is 0. The zero-order chi connectivity index (χ0) is 13.9. The largest absolute Gasteiger partial charge is 0.391 e. The second kappa shape index (κ2) is 6.21. The summed E-state index contributed by atoms with van der Waals surface area (Å²) in [5, 5.41) is 10.0. The molecule has 0 spiro atoms. The first kappa shape index (κ1) is 15.7. The Morgan fingerprint density at radius 3 is 2.39 bits per heavy atom. The van der Waals surface area contributed by atoms with Crippen LogP contribution in [-0.2, 0) is 10.0 Å². The minimum Gasteiger partial charge on any atom is -0.391 e. The first-order chi connectivity index (χ1) is 8.24. The third-order valence-electron chi connectivity index (χ3n) is 2.45. The van der Waals surface area contributed by atoms with Gasteiger partial charge in [0, 0.05) is 6.54 Å². The maximum atomic E-state index is 11.9. The zero-order valence-corrected chi connectivity index (χ0v) is 12.4. The lowest BCUT2D eigenvalue weighted by Crippen LogP contribution is -2.34. The van der Waals surface area contributed by atoms with E-state index in [-0.39, 0.29) is 27.4 Å². The van der Waals surface area contributed by atoms with Crippen molar-refractivity contribution in [2.24, 2.45) is 5.92 Å². The van der Waals surface area contributed by atoms with Crippen LogP contribution in [0.3, 0.4) is 0 Å². The molecule has 0 bridgehead atoms. The number of hydrogen-bond donors (Lipinski definition) is 2. The van der Waals surface area contributed by atoms with Crippen LogP contribution < -0.4 is 4.72 Å². The summed E-state index contributed by atoms with van der Waals surface area (Å²) in [6.45, 7) is 3.57. The van der Waals surface area contributed by atoms with Gasteiger partial charge in [0.2, 0.25) is 10.0 Å². The van der Waals surface area contributed by atoms with Gasteiger partial charge in [-0.05, 0) is 24.1 Å². The maximum absolute atomic E-state index is 11.9. The van der Waals surface area contributed by atoms with Crippen molar-refractivity contribution in [3.63, 3.8) is 0 Å². The number of hydrogen-bond acceptors (Lipinski definition) is 3. The summed E-state index contributed by atoms with van der Waals surface area (Å²) in [6.07, 6.45) is -0.734. The fourth-order valence-electron chi connectivity index (χ4n) is 1.16. The SMILES string of the molecule is CC(C)C(O)CNS(=O)(=O)c1ccc(Cl)c(Cl)c1. The van der Waals surface area contributed by atoms with Crippen LogP contribution in [0.25, 0.3) is 0 Å². The predicted octanol–water partition coefficient (Wildman–Crippen LogP) is 2.29. The lowest BCUT2D eigenvalue weighted by atomic mass is 10.1. The molecule has 0 aromatic heterocycles. The molecule has 1 unspecified atom stereocenters. The Hall–Kier alpha value is -0.330. The maximum Gasteiger partial charge on any atom is 0.240 e. The van der Waals surface area contributed by atoms with E-state index in [1.807, 2.05) is 0 Å². The molecule has 0 aliphatic heterocycles. The molecule has 0 saturated carbocycles. The number of benzene rings is 1. The normalized spacial score (nSPS) is 13.9. The van der Waals surface area contributed by atoms with Gasteiger partial charge < -0.3 is 5.11 Å². The van der Waals surface area contributed by atoms with Crippen molar-refractivity contribution in [3.8, 4) is 0 Å². The van der Waals surface area contributed by atoms with Crippen LogP contribution in [0.1, 0.15) is 13.8 Å². The van der Waals surface area contributed by atoms with Gasteiger partial charge in [-0.3, -0.25) is 0 Å². The first-order valence-electron chi connectivity index (χ1n) is 5.37. The Morgan fingerprint density at radius 2 is 1.89 bits per heavy atom. The summed E-state index contributed by atoms with van der Waals surface area (Å²) < 4.78 is 26.1.